The van der Waals surface area contributed by atoms with Crippen molar-refractivity contribution >= 4 is 17.3 Å². The summed E-state index contributed by atoms with van der Waals surface area (Å²) in [6.07, 6.45) is 1.48. The van der Waals surface area contributed by atoms with Crippen molar-refractivity contribution in [2.75, 3.05) is 9.80 Å². The van der Waals surface area contributed by atoms with E-state index in [0.29, 0.717) is 6.42 Å². The average Bonchev–Trinajstić information content (AvgIpc) is 3.05. The molecule has 0 spiro atoms. The monoisotopic (exact) mass is 368 g/mol. The lowest BCUT2D eigenvalue weighted by Gasteiger charge is -2.38. The van der Waals surface area contributed by atoms with E-state index >= 15 is 0 Å². The van der Waals surface area contributed by atoms with Crippen molar-refractivity contribution in [3.63, 3.8) is 0 Å². The summed E-state index contributed by atoms with van der Waals surface area (Å²) in [7, 11) is 0. The molecule has 3 heteroatoms. The molecular weight excluding hydrogens is 344 g/mol. The van der Waals surface area contributed by atoms with Gasteiger partial charge in [-0.3, -0.25) is 4.79 Å². The normalized spacial score (nSPS) is 19.3. The lowest BCUT2D eigenvalue weighted by molar-refractivity contribution is -0.119. The molecule has 2 unspecified atom stereocenters. The second-order valence-electron chi connectivity index (χ2n) is 7.80. The van der Waals surface area contributed by atoms with Gasteiger partial charge >= 0.3 is 0 Å². The molecule has 0 aromatic heterocycles. The zero-order valence-corrected chi connectivity index (χ0v) is 16.1. The van der Waals surface area contributed by atoms with E-state index in [1.807, 2.05) is 29.2 Å². The summed E-state index contributed by atoms with van der Waals surface area (Å²) in [5.41, 5.74) is 6.03. The van der Waals surface area contributed by atoms with E-state index in [0.717, 1.165) is 24.2 Å². The van der Waals surface area contributed by atoms with Crippen LogP contribution in [0.2, 0.25) is 0 Å². The third kappa shape index (κ3) is 2.78. The zero-order chi connectivity index (χ0) is 19.1. The summed E-state index contributed by atoms with van der Waals surface area (Å²) in [5.74, 6) is 0.200. The quantitative estimate of drug-likeness (QED) is 0.627. The highest BCUT2D eigenvalue weighted by atomic mass is 16.2. The van der Waals surface area contributed by atoms with Gasteiger partial charge in [-0.2, -0.15) is 0 Å². The summed E-state index contributed by atoms with van der Waals surface area (Å²) in [6.45, 7) is 2.97. The number of carbonyl (C=O) groups is 1. The number of benzene rings is 3. The Hall–Kier alpha value is -3.07. The van der Waals surface area contributed by atoms with Gasteiger partial charge in [0, 0.05) is 30.4 Å². The van der Waals surface area contributed by atoms with Crippen LogP contribution in [0.3, 0.4) is 0 Å². The van der Waals surface area contributed by atoms with Crippen molar-refractivity contribution < 1.29 is 4.79 Å². The largest absolute Gasteiger partial charge is 0.363 e. The van der Waals surface area contributed by atoms with Gasteiger partial charge in [0.05, 0.1) is 6.04 Å². The van der Waals surface area contributed by atoms with Gasteiger partial charge in [-0.15, -0.1) is 0 Å². The Labute approximate surface area is 166 Å². The zero-order valence-electron chi connectivity index (χ0n) is 16.1. The van der Waals surface area contributed by atoms with Gasteiger partial charge in [-0.05, 0) is 42.2 Å². The minimum Gasteiger partial charge on any atom is -0.363 e. The Morgan fingerprint density at radius 2 is 1.43 bits per heavy atom. The second kappa shape index (κ2) is 6.83. The molecule has 2 atom stereocenters. The molecule has 5 rings (SSSR count). The molecule has 28 heavy (non-hydrogen) atoms. The number of fused-ring (bicyclic) bond motifs is 4. The SMILES string of the molecule is CC(c1ccccc1)N1C(=O)CC2Cc3ccccc3N2Cc2ccccc21. The van der Waals surface area contributed by atoms with Crippen LogP contribution in [0.4, 0.5) is 11.4 Å². The highest BCUT2D eigenvalue weighted by Crippen LogP contribution is 2.40. The molecule has 3 nitrogen and oxygen atoms in total. The molecule has 0 fully saturated rings. The Balaban J connectivity index is 1.59. The standard InChI is InChI=1S/C25H24N2O/c1-18(19-9-3-2-4-10-19)27-24-14-8-6-12-21(24)17-26-22(16-25(27)28)15-20-11-5-7-13-23(20)26/h2-14,18,22H,15-17H2,1H3. The van der Waals surface area contributed by atoms with Gasteiger partial charge in [0.25, 0.3) is 0 Å². The number of anilines is 2. The van der Waals surface area contributed by atoms with Crippen LogP contribution in [0.1, 0.15) is 36.1 Å². The van der Waals surface area contributed by atoms with E-state index in [4.69, 9.17) is 0 Å². The van der Waals surface area contributed by atoms with Crippen molar-refractivity contribution in [2.24, 2.45) is 0 Å². The summed E-state index contributed by atoms with van der Waals surface area (Å²) in [4.78, 5) is 18.0. The maximum Gasteiger partial charge on any atom is 0.229 e. The highest BCUT2D eigenvalue weighted by molar-refractivity contribution is 5.96. The van der Waals surface area contributed by atoms with Gasteiger partial charge in [-0.25, -0.2) is 0 Å². The van der Waals surface area contributed by atoms with Crippen LogP contribution in [0, 0.1) is 0 Å². The number of carbonyl (C=O) groups excluding carboxylic acids is 1. The average molecular weight is 368 g/mol. The van der Waals surface area contributed by atoms with Crippen molar-refractivity contribution in [3.8, 4) is 0 Å². The first kappa shape index (κ1) is 17.1. The first-order valence-electron chi connectivity index (χ1n) is 10.0. The first-order valence-corrected chi connectivity index (χ1v) is 10.0. The molecule has 2 aliphatic heterocycles. The van der Waals surface area contributed by atoms with Gasteiger partial charge in [0.15, 0.2) is 0 Å². The molecular formula is C25H24N2O. The van der Waals surface area contributed by atoms with Gasteiger partial charge in [0.1, 0.15) is 0 Å². The predicted octanol–water partition coefficient (Wildman–Crippen LogP) is 5.12. The first-order chi connectivity index (χ1) is 13.7. The third-order valence-electron chi connectivity index (χ3n) is 6.14. The van der Waals surface area contributed by atoms with Gasteiger partial charge < -0.3 is 9.80 Å². The molecule has 140 valence electrons. The molecule has 0 radical (unpaired) electrons. The number of amides is 1. The fourth-order valence-corrected chi connectivity index (χ4v) is 4.72. The number of hydrogen-bond acceptors (Lipinski definition) is 2. The van der Waals surface area contributed by atoms with Gasteiger partial charge in [0.2, 0.25) is 5.91 Å². The number of hydrogen-bond donors (Lipinski definition) is 0. The maximum absolute atomic E-state index is 13.5. The van der Waals surface area contributed by atoms with Crippen LogP contribution in [0.5, 0.6) is 0 Å². The van der Waals surface area contributed by atoms with Crippen LogP contribution in [0.15, 0.2) is 78.9 Å². The lowest BCUT2D eigenvalue weighted by atomic mass is 9.99. The minimum atomic E-state index is 0.00479. The second-order valence-corrected chi connectivity index (χ2v) is 7.80. The summed E-state index contributed by atoms with van der Waals surface area (Å²) in [6, 6.07) is 27.5. The molecule has 2 heterocycles. The Bertz CT molecular complexity index is 1010. The molecule has 0 aliphatic carbocycles. The molecule has 2 aliphatic rings. The molecule has 0 N–H and O–H groups in total. The topological polar surface area (TPSA) is 23.6 Å². The summed E-state index contributed by atoms with van der Waals surface area (Å²) >= 11 is 0. The van der Waals surface area contributed by atoms with Crippen LogP contribution in [-0.2, 0) is 17.8 Å². The van der Waals surface area contributed by atoms with E-state index in [9.17, 15) is 4.79 Å². The third-order valence-corrected chi connectivity index (χ3v) is 6.14. The van der Waals surface area contributed by atoms with Crippen LogP contribution >= 0.6 is 0 Å². The fraction of sp³-hybridized carbons (Fsp3) is 0.240. The fourth-order valence-electron chi connectivity index (χ4n) is 4.72. The van der Waals surface area contributed by atoms with Crippen molar-refractivity contribution in [3.05, 3.63) is 95.6 Å². The minimum absolute atomic E-state index is 0.00479. The molecule has 0 bridgehead atoms. The Morgan fingerprint density at radius 3 is 2.21 bits per heavy atom. The van der Waals surface area contributed by atoms with E-state index < -0.39 is 0 Å². The highest BCUT2D eigenvalue weighted by Gasteiger charge is 2.36. The van der Waals surface area contributed by atoms with Crippen LogP contribution in [-0.4, -0.2) is 11.9 Å². The lowest BCUT2D eigenvalue weighted by Crippen LogP contribution is -2.43. The van der Waals surface area contributed by atoms with Crippen molar-refractivity contribution in [1.82, 2.24) is 0 Å². The van der Waals surface area contributed by atoms with Crippen molar-refractivity contribution in [1.29, 1.82) is 0 Å². The Kier molecular flexibility index (Phi) is 4.16. The number of nitrogens with zero attached hydrogens (tertiary/aromatic N) is 2. The maximum atomic E-state index is 13.5. The molecule has 3 aromatic carbocycles. The van der Waals surface area contributed by atoms with E-state index in [-0.39, 0.29) is 18.0 Å². The molecule has 0 saturated carbocycles. The molecule has 3 aromatic rings. The summed E-state index contributed by atoms with van der Waals surface area (Å²) in [5, 5.41) is 0. The molecule has 0 saturated heterocycles. The van der Waals surface area contributed by atoms with E-state index in [1.54, 1.807) is 0 Å². The Morgan fingerprint density at radius 1 is 0.786 bits per heavy atom. The van der Waals surface area contributed by atoms with Crippen LogP contribution in [0.25, 0.3) is 0 Å². The van der Waals surface area contributed by atoms with E-state index in [1.165, 1.54) is 16.8 Å². The number of rotatable bonds is 2. The summed E-state index contributed by atoms with van der Waals surface area (Å²) < 4.78 is 0. The van der Waals surface area contributed by atoms with Gasteiger partial charge in [-0.1, -0.05) is 66.7 Å². The smallest absolute Gasteiger partial charge is 0.229 e. The van der Waals surface area contributed by atoms with E-state index in [2.05, 4.69) is 66.4 Å². The number of para-hydroxylation sites is 2. The predicted molar refractivity (Wildman–Crippen MR) is 114 cm³/mol. The molecule has 1 amide bonds. The van der Waals surface area contributed by atoms with Crippen molar-refractivity contribution in [2.45, 2.75) is 38.4 Å². The van der Waals surface area contributed by atoms with Crippen LogP contribution < -0.4 is 9.80 Å².